The second kappa shape index (κ2) is 5.26. The van der Waals surface area contributed by atoms with E-state index < -0.39 is 11.6 Å². The average Bonchev–Trinajstić information content (AvgIpc) is 2.91. The molecule has 5 nitrogen and oxygen atoms in total. The van der Waals surface area contributed by atoms with E-state index in [-0.39, 0.29) is 6.04 Å². The van der Waals surface area contributed by atoms with Gasteiger partial charge in [0, 0.05) is 13.1 Å². The number of aromatic nitrogens is 4. The molecule has 0 amide bonds. The third-order valence-electron chi connectivity index (χ3n) is 4.33. The van der Waals surface area contributed by atoms with E-state index in [9.17, 15) is 8.78 Å². The quantitative estimate of drug-likeness (QED) is 0.789. The molecule has 2 heterocycles. The van der Waals surface area contributed by atoms with Gasteiger partial charge in [-0.3, -0.25) is 4.68 Å². The Labute approximate surface area is 131 Å². The number of benzene rings is 1. The Balaban J connectivity index is 1.76. The van der Waals surface area contributed by atoms with Crippen LogP contribution in [0.2, 0.25) is 0 Å². The van der Waals surface area contributed by atoms with Crippen molar-refractivity contribution in [3.8, 4) is 0 Å². The van der Waals surface area contributed by atoms with Gasteiger partial charge in [0.05, 0.1) is 17.6 Å². The summed E-state index contributed by atoms with van der Waals surface area (Å²) in [4.78, 5) is 8.47. The second-order valence-corrected chi connectivity index (χ2v) is 5.77. The van der Waals surface area contributed by atoms with Crippen molar-refractivity contribution in [1.29, 1.82) is 0 Å². The molecule has 0 spiro atoms. The number of rotatable bonds is 2. The molecule has 1 aromatic carbocycles. The normalized spacial score (nSPS) is 17.3. The van der Waals surface area contributed by atoms with E-state index in [0.717, 1.165) is 24.3 Å². The highest BCUT2D eigenvalue weighted by atomic mass is 19.1. The molecule has 118 valence electrons. The first-order chi connectivity index (χ1) is 11.1. The number of aryl methyl sites for hydroxylation is 1. The summed E-state index contributed by atoms with van der Waals surface area (Å²) in [5.41, 5.74) is 1.97. The zero-order valence-corrected chi connectivity index (χ0v) is 12.6. The van der Waals surface area contributed by atoms with Crippen LogP contribution in [0.5, 0.6) is 0 Å². The van der Waals surface area contributed by atoms with Crippen LogP contribution in [-0.4, -0.2) is 19.7 Å². The van der Waals surface area contributed by atoms with Crippen LogP contribution in [0.1, 0.15) is 30.0 Å². The molecule has 4 rings (SSSR count). The number of hydrogen-bond donors (Lipinski definition) is 1. The third-order valence-corrected chi connectivity index (χ3v) is 4.33. The molecule has 0 radical (unpaired) electrons. The molecule has 1 aliphatic carbocycles. The van der Waals surface area contributed by atoms with Crippen LogP contribution in [0.25, 0.3) is 11.0 Å². The molecule has 0 unspecified atom stereocenters. The Kier molecular flexibility index (Phi) is 3.21. The fourth-order valence-corrected chi connectivity index (χ4v) is 3.23. The number of nitrogens with one attached hydrogen (secondary N) is 1. The topological polar surface area (TPSA) is 55.6 Å². The van der Waals surface area contributed by atoms with Crippen LogP contribution in [0.15, 0.2) is 24.7 Å². The maximum Gasteiger partial charge on any atom is 0.163 e. The number of fused-ring (bicyclic) bond motifs is 2. The Morgan fingerprint density at radius 2 is 2.13 bits per heavy atom. The van der Waals surface area contributed by atoms with Crippen LogP contribution >= 0.6 is 0 Å². The minimum atomic E-state index is -0.552. The van der Waals surface area contributed by atoms with Gasteiger partial charge in [-0.15, -0.1) is 0 Å². The molecular weight excluding hydrogens is 300 g/mol. The highest BCUT2D eigenvalue weighted by Crippen LogP contribution is 2.35. The van der Waals surface area contributed by atoms with Crippen molar-refractivity contribution in [2.45, 2.75) is 25.3 Å². The van der Waals surface area contributed by atoms with Crippen LogP contribution in [0.4, 0.5) is 14.6 Å². The van der Waals surface area contributed by atoms with E-state index in [1.165, 1.54) is 12.4 Å². The van der Waals surface area contributed by atoms with Gasteiger partial charge in [-0.1, -0.05) is 0 Å². The zero-order chi connectivity index (χ0) is 16.0. The van der Waals surface area contributed by atoms with Gasteiger partial charge in [-0.2, -0.15) is 5.10 Å². The van der Waals surface area contributed by atoms with Crippen molar-refractivity contribution < 1.29 is 8.78 Å². The van der Waals surface area contributed by atoms with Gasteiger partial charge in [0.1, 0.15) is 23.8 Å². The summed E-state index contributed by atoms with van der Waals surface area (Å²) < 4.78 is 29.3. The molecule has 0 saturated carbocycles. The summed E-state index contributed by atoms with van der Waals surface area (Å²) in [6.07, 6.45) is 5.41. The molecule has 3 aromatic rings. The predicted octanol–water partition coefficient (Wildman–Crippen LogP) is 3.13. The van der Waals surface area contributed by atoms with Crippen LogP contribution in [-0.2, 0) is 13.5 Å². The summed E-state index contributed by atoms with van der Waals surface area (Å²) in [6.45, 7) is 0. The van der Waals surface area contributed by atoms with Gasteiger partial charge < -0.3 is 5.32 Å². The maximum absolute atomic E-state index is 14.0. The highest BCUT2D eigenvalue weighted by Gasteiger charge is 2.25. The third kappa shape index (κ3) is 2.32. The summed E-state index contributed by atoms with van der Waals surface area (Å²) in [7, 11) is 1.81. The van der Waals surface area contributed by atoms with E-state index >= 15 is 0 Å². The van der Waals surface area contributed by atoms with Gasteiger partial charge in [-0.05, 0) is 36.5 Å². The van der Waals surface area contributed by atoms with E-state index in [0.29, 0.717) is 29.0 Å². The van der Waals surface area contributed by atoms with Crippen molar-refractivity contribution in [2.24, 2.45) is 7.05 Å². The number of nitrogens with zero attached hydrogens (tertiary/aromatic N) is 4. The Hall–Kier alpha value is -2.57. The number of hydrogen-bond acceptors (Lipinski definition) is 4. The van der Waals surface area contributed by atoms with Gasteiger partial charge >= 0.3 is 0 Å². The SMILES string of the molecule is Cn1ncc2c(N[C@@H]3CCCc4c(F)cc(F)cc43)ncnc21. The monoisotopic (exact) mass is 315 g/mol. The van der Waals surface area contributed by atoms with Gasteiger partial charge in [0.25, 0.3) is 0 Å². The Morgan fingerprint density at radius 1 is 1.26 bits per heavy atom. The summed E-state index contributed by atoms with van der Waals surface area (Å²) in [5.74, 6) is -0.393. The summed E-state index contributed by atoms with van der Waals surface area (Å²) in [6, 6.07) is 2.18. The van der Waals surface area contributed by atoms with E-state index in [4.69, 9.17) is 0 Å². The average molecular weight is 315 g/mol. The maximum atomic E-state index is 14.0. The molecule has 23 heavy (non-hydrogen) atoms. The van der Waals surface area contributed by atoms with Crippen molar-refractivity contribution in [3.63, 3.8) is 0 Å². The molecular formula is C16H15F2N5. The van der Waals surface area contributed by atoms with Gasteiger partial charge in [-0.25, -0.2) is 18.7 Å². The van der Waals surface area contributed by atoms with Crippen molar-refractivity contribution in [2.75, 3.05) is 5.32 Å². The molecule has 1 aliphatic rings. The molecule has 1 atom stereocenters. The van der Waals surface area contributed by atoms with Gasteiger partial charge in [0.15, 0.2) is 5.65 Å². The Bertz CT molecular complexity index is 890. The van der Waals surface area contributed by atoms with E-state index in [1.54, 1.807) is 17.9 Å². The highest BCUT2D eigenvalue weighted by molar-refractivity contribution is 5.86. The van der Waals surface area contributed by atoms with Crippen molar-refractivity contribution in [1.82, 2.24) is 19.7 Å². The lowest BCUT2D eigenvalue weighted by molar-refractivity contribution is 0.526. The van der Waals surface area contributed by atoms with Crippen molar-refractivity contribution in [3.05, 3.63) is 47.4 Å². The molecule has 2 aromatic heterocycles. The number of halogens is 2. The van der Waals surface area contributed by atoms with Gasteiger partial charge in [0.2, 0.25) is 0 Å². The lowest BCUT2D eigenvalue weighted by Crippen LogP contribution is -2.19. The fourth-order valence-electron chi connectivity index (χ4n) is 3.23. The molecule has 0 saturated heterocycles. The molecule has 7 heteroatoms. The second-order valence-electron chi connectivity index (χ2n) is 5.77. The standard InChI is InChI=1S/C16H15F2N5/c1-23-16-12(7-21-23)15(19-8-20-16)22-14-4-2-3-10-11(14)5-9(17)6-13(10)18/h5-8,14H,2-4H2,1H3,(H,19,20,22)/t14-/m1/s1. The van der Waals surface area contributed by atoms with Crippen LogP contribution < -0.4 is 5.32 Å². The summed E-state index contributed by atoms with van der Waals surface area (Å²) >= 11 is 0. The molecule has 0 bridgehead atoms. The fraction of sp³-hybridized carbons (Fsp3) is 0.312. The van der Waals surface area contributed by atoms with Crippen LogP contribution in [0.3, 0.4) is 0 Å². The smallest absolute Gasteiger partial charge is 0.163 e. The van der Waals surface area contributed by atoms with E-state index in [2.05, 4.69) is 20.4 Å². The molecule has 1 N–H and O–H groups in total. The summed E-state index contributed by atoms with van der Waals surface area (Å²) in [5, 5.41) is 8.28. The first-order valence-electron chi connectivity index (χ1n) is 7.50. The molecule has 0 fully saturated rings. The minimum absolute atomic E-state index is 0.178. The van der Waals surface area contributed by atoms with Crippen molar-refractivity contribution >= 4 is 16.9 Å². The Morgan fingerprint density at radius 3 is 3.00 bits per heavy atom. The molecule has 0 aliphatic heterocycles. The minimum Gasteiger partial charge on any atom is -0.363 e. The lowest BCUT2D eigenvalue weighted by Gasteiger charge is -2.27. The van der Waals surface area contributed by atoms with Crippen LogP contribution in [0, 0.1) is 11.6 Å². The zero-order valence-electron chi connectivity index (χ0n) is 12.6. The van der Waals surface area contributed by atoms with E-state index in [1.807, 2.05) is 0 Å². The lowest BCUT2D eigenvalue weighted by atomic mass is 9.87. The first kappa shape index (κ1) is 14.0. The largest absolute Gasteiger partial charge is 0.363 e. The first-order valence-corrected chi connectivity index (χ1v) is 7.50. The number of anilines is 1. The predicted molar refractivity (Wildman–Crippen MR) is 82.0 cm³/mol.